The highest BCUT2D eigenvalue weighted by Gasteiger charge is 2.33. The van der Waals surface area contributed by atoms with Gasteiger partial charge in [0.15, 0.2) is 0 Å². The molecule has 0 radical (unpaired) electrons. The van der Waals surface area contributed by atoms with Crippen molar-refractivity contribution in [1.29, 1.82) is 0 Å². The van der Waals surface area contributed by atoms with E-state index in [4.69, 9.17) is 15.2 Å². The van der Waals surface area contributed by atoms with Crippen LogP contribution in [0.2, 0.25) is 0 Å². The third-order valence-corrected chi connectivity index (χ3v) is 3.67. The summed E-state index contributed by atoms with van der Waals surface area (Å²) in [4.78, 5) is 22.3. The Morgan fingerprint density at radius 1 is 1.45 bits per heavy atom. The lowest BCUT2D eigenvalue weighted by Gasteiger charge is -2.13. The van der Waals surface area contributed by atoms with Gasteiger partial charge in [0, 0.05) is 24.4 Å². The summed E-state index contributed by atoms with van der Waals surface area (Å²) in [6.07, 6.45) is 1.79. The van der Waals surface area contributed by atoms with Crippen molar-refractivity contribution in [3.05, 3.63) is 30.0 Å². The number of carbonyl (C=O) groups excluding carboxylic acids is 1. The molecule has 1 saturated heterocycles. The quantitative estimate of drug-likeness (QED) is 0.899. The zero-order chi connectivity index (χ0) is 15.5. The monoisotopic (exact) mass is 302 g/mol. The Balaban J connectivity index is 1.92. The van der Waals surface area contributed by atoms with E-state index in [1.807, 2.05) is 12.1 Å². The Bertz CT molecular complexity index is 692. The average Bonchev–Trinajstić information content (AvgIpc) is 2.92. The molecule has 1 atom stereocenters. The van der Waals surface area contributed by atoms with E-state index >= 15 is 0 Å². The standard InChI is InChI=1S/C15H18N4O3/c1-21-13-4-3-11-14(18-13)10(5-7-17-11)12-9-19(8-2-6-16)15(20)22-12/h3-5,7,12H,2,6,8-9,16H2,1H3/t12-/m0/s1. The summed E-state index contributed by atoms with van der Waals surface area (Å²) in [5, 5.41) is 0. The van der Waals surface area contributed by atoms with Crippen LogP contribution in [0.1, 0.15) is 18.1 Å². The molecule has 1 aliphatic heterocycles. The van der Waals surface area contributed by atoms with Gasteiger partial charge < -0.3 is 20.1 Å². The van der Waals surface area contributed by atoms with E-state index in [2.05, 4.69) is 9.97 Å². The third kappa shape index (κ3) is 2.67. The lowest BCUT2D eigenvalue weighted by molar-refractivity contribution is 0.133. The average molecular weight is 302 g/mol. The van der Waals surface area contributed by atoms with Gasteiger partial charge in [-0.2, -0.15) is 0 Å². The fourth-order valence-electron chi connectivity index (χ4n) is 2.54. The first-order chi connectivity index (χ1) is 10.7. The molecule has 2 aromatic rings. The van der Waals surface area contributed by atoms with E-state index in [1.165, 1.54) is 0 Å². The van der Waals surface area contributed by atoms with Gasteiger partial charge in [0.25, 0.3) is 0 Å². The van der Waals surface area contributed by atoms with Crippen molar-refractivity contribution in [3.63, 3.8) is 0 Å². The lowest BCUT2D eigenvalue weighted by atomic mass is 10.1. The smallest absolute Gasteiger partial charge is 0.410 e. The van der Waals surface area contributed by atoms with Crippen molar-refractivity contribution in [3.8, 4) is 5.88 Å². The topological polar surface area (TPSA) is 90.6 Å². The summed E-state index contributed by atoms with van der Waals surface area (Å²) in [5.41, 5.74) is 7.77. The second-order valence-corrected chi connectivity index (χ2v) is 5.08. The highest BCUT2D eigenvalue weighted by molar-refractivity contribution is 5.80. The van der Waals surface area contributed by atoms with Crippen molar-refractivity contribution in [1.82, 2.24) is 14.9 Å². The van der Waals surface area contributed by atoms with Crippen LogP contribution < -0.4 is 10.5 Å². The predicted molar refractivity (Wildman–Crippen MR) is 80.6 cm³/mol. The number of pyridine rings is 2. The van der Waals surface area contributed by atoms with Crippen LogP contribution in [0.3, 0.4) is 0 Å². The normalized spacial score (nSPS) is 17.8. The number of methoxy groups -OCH3 is 1. The molecule has 1 amide bonds. The Labute approximate surface area is 128 Å². The maximum absolute atomic E-state index is 11.9. The lowest BCUT2D eigenvalue weighted by Crippen LogP contribution is -2.27. The van der Waals surface area contributed by atoms with Crippen LogP contribution in [0.15, 0.2) is 24.4 Å². The van der Waals surface area contributed by atoms with Gasteiger partial charge in [-0.1, -0.05) is 0 Å². The van der Waals surface area contributed by atoms with Gasteiger partial charge in [-0.25, -0.2) is 9.78 Å². The summed E-state index contributed by atoms with van der Waals surface area (Å²) in [7, 11) is 1.56. The molecule has 1 fully saturated rings. The number of aromatic nitrogens is 2. The van der Waals surface area contributed by atoms with Crippen molar-refractivity contribution in [2.75, 3.05) is 26.7 Å². The van der Waals surface area contributed by atoms with E-state index in [1.54, 1.807) is 24.3 Å². The van der Waals surface area contributed by atoms with E-state index in [0.29, 0.717) is 31.0 Å². The van der Waals surface area contributed by atoms with Crippen molar-refractivity contribution in [2.45, 2.75) is 12.5 Å². The first kappa shape index (κ1) is 14.5. The SMILES string of the molecule is COc1ccc2nccc([C@@H]3CN(CCCN)C(=O)O3)c2n1. The molecular formula is C15H18N4O3. The zero-order valence-electron chi connectivity index (χ0n) is 12.4. The van der Waals surface area contributed by atoms with E-state index in [9.17, 15) is 4.79 Å². The molecule has 0 saturated carbocycles. The maximum Gasteiger partial charge on any atom is 0.410 e. The number of hydrogen-bond donors (Lipinski definition) is 1. The Hall–Kier alpha value is -2.41. The van der Waals surface area contributed by atoms with Gasteiger partial charge in [-0.15, -0.1) is 0 Å². The Morgan fingerprint density at radius 2 is 2.32 bits per heavy atom. The number of hydrogen-bond acceptors (Lipinski definition) is 6. The minimum atomic E-state index is -0.351. The Morgan fingerprint density at radius 3 is 3.09 bits per heavy atom. The maximum atomic E-state index is 11.9. The van der Waals surface area contributed by atoms with Crippen LogP contribution in [-0.4, -0.2) is 47.7 Å². The number of cyclic esters (lactones) is 1. The molecule has 0 aromatic carbocycles. The summed E-state index contributed by atoms with van der Waals surface area (Å²) >= 11 is 0. The molecule has 2 N–H and O–H groups in total. The van der Waals surface area contributed by atoms with E-state index < -0.39 is 0 Å². The van der Waals surface area contributed by atoms with Crippen LogP contribution in [-0.2, 0) is 4.74 Å². The minimum Gasteiger partial charge on any atom is -0.481 e. The highest BCUT2D eigenvalue weighted by atomic mass is 16.6. The summed E-state index contributed by atoms with van der Waals surface area (Å²) in [6.45, 7) is 1.65. The van der Waals surface area contributed by atoms with Gasteiger partial charge >= 0.3 is 6.09 Å². The Kier molecular flexibility index (Phi) is 4.06. The number of amides is 1. The summed E-state index contributed by atoms with van der Waals surface area (Å²) in [5.74, 6) is 0.506. The second-order valence-electron chi connectivity index (χ2n) is 5.08. The van der Waals surface area contributed by atoms with Gasteiger partial charge in [-0.3, -0.25) is 4.98 Å². The molecule has 1 aliphatic rings. The molecule has 22 heavy (non-hydrogen) atoms. The summed E-state index contributed by atoms with van der Waals surface area (Å²) < 4.78 is 10.6. The molecule has 2 aromatic heterocycles. The van der Waals surface area contributed by atoms with Crippen LogP contribution in [0.25, 0.3) is 11.0 Å². The fraction of sp³-hybridized carbons (Fsp3) is 0.400. The first-order valence-electron chi connectivity index (χ1n) is 7.18. The van der Waals surface area contributed by atoms with Gasteiger partial charge in [0.1, 0.15) is 6.10 Å². The largest absolute Gasteiger partial charge is 0.481 e. The van der Waals surface area contributed by atoms with E-state index in [0.717, 1.165) is 17.5 Å². The molecule has 3 heterocycles. The minimum absolute atomic E-state index is 0.314. The zero-order valence-corrected chi connectivity index (χ0v) is 12.4. The third-order valence-electron chi connectivity index (χ3n) is 3.67. The van der Waals surface area contributed by atoms with E-state index in [-0.39, 0.29) is 12.2 Å². The van der Waals surface area contributed by atoms with Crippen LogP contribution >= 0.6 is 0 Å². The molecular weight excluding hydrogens is 284 g/mol. The molecule has 0 bridgehead atoms. The molecule has 7 heteroatoms. The first-order valence-corrected chi connectivity index (χ1v) is 7.18. The molecule has 0 unspecified atom stereocenters. The second kappa shape index (κ2) is 6.15. The van der Waals surface area contributed by atoms with Crippen LogP contribution in [0.4, 0.5) is 4.79 Å². The predicted octanol–water partition coefficient (Wildman–Crippen LogP) is 1.48. The van der Waals surface area contributed by atoms with Gasteiger partial charge in [0.2, 0.25) is 5.88 Å². The summed E-state index contributed by atoms with van der Waals surface area (Å²) in [6, 6.07) is 5.43. The molecule has 0 spiro atoms. The van der Waals surface area contributed by atoms with Gasteiger partial charge in [0.05, 0.1) is 24.7 Å². The molecule has 7 nitrogen and oxygen atoms in total. The van der Waals surface area contributed by atoms with Crippen molar-refractivity contribution in [2.24, 2.45) is 5.73 Å². The number of nitrogens with two attached hydrogens (primary N) is 1. The fourth-order valence-corrected chi connectivity index (χ4v) is 2.54. The van der Waals surface area contributed by atoms with Gasteiger partial charge in [-0.05, 0) is 25.1 Å². The van der Waals surface area contributed by atoms with Crippen LogP contribution in [0, 0.1) is 0 Å². The number of carbonyl (C=O) groups is 1. The van der Waals surface area contributed by atoms with Crippen LogP contribution in [0.5, 0.6) is 5.88 Å². The number of nitrogens with zero attached hydrogens (tertiary/aromatic N) is 3. The highest BCUT2D eigenvalue weighted by Crippen LogP contribution is 2.30. The van der Waals surface area contributed by atoms with Crippen molar-refractivity contribution >= 4 is 17.1 Å². The van der Waals surface area contributed by atoms with Crippen molar-refractivity contribution < 1.29 is 14.3 Å². The number of ether oxygens (including phenoxy) is 2. The molecule has 3 rings (SSSR count). The number of fused-ring (bicyclic) bond motifs is 1. The number of rotatable bonds is 5. The molecule has 116 valence electrons. The molecule has 0 aliphatic carbocycles.